The zero-order valence-corrected chi connectivity index (χ0v) is 8.96. The van der Waals surface area contributed by atoms with Gasteiger partial charge in [0, 0.05) is 11.6 Å². The van der Waals surface area contributed by atoms with E-state index in [2.05, 4.69) is 14.5 Å². The van der Waals surface area contributed by atoms with Crippen molar-refractivity contribution in [1.82, 2.24) is 4.98 Å². The van der Waals surface area contributed by atoms with Crippen LogP contribution in [0.15, 0.2) is 6.07 Å². The first-order valence-electron chi connectivity index (χ1n) is 4.51. The van der Waals surface area contributed by atoms with Gasteiger partial charge in [0.15, 0.2) is 0 Å². The van der Waals surface area contributed by atoms with Crippen LogP contribution in [0.2, 0.25) is 0 Å². The van der Waals surface area contributed by atoms with Gasteiger partial charge in [-0.2, -0.15) is 0 Å². The molecular formula is C9H8F5NO3. The van der Waals surface area contributed by atoms with Crippen LogP contribution in [0.3, 0.4) is 0 Å². The van der Waals surface area contributed by atoms with Gasteiger partial charge in [-0.05, 0) is 0 Å². The van der Waals surface area contributed by atoms with Gasteiger partial charge in [-0.15, -0.1) is 13.2 Å². The van der Waals surface area contributed by atoms with E-state index in [9.17, 15) is 22.0 Å². The number of aliphatic hydroxyl groups is 1. The predicted octanol–water partition coefficient (Wildman–Crippen LogP) is 2.42. The van der Waals surface area contributed by atoms with Crippen molar-refractivity contribution in [2.45, 2.75) is 19.4 Å². The smallest absolute Gasteiger partial charge is 0.496 e. The topological polar surface area (TPSA) is 51.6 Å². The molecule has 0 bridgehead atoms. The minimum atomic E-state index is -5.06. The van der Waals surface area contributed by atoms with Crippen LogP contribution in [0.5, 0.6) is 11.6 Å². The van der Waals surface area contributed by atoms with Gasteiger partial charge in [0.05, 0.1) is 13.7 Å². The molecular weight excluding hydrogens is 265 g/mol. The molecule has 102 valence electrons. The van der Waals surface area contributed by atoms with Gasteiger partial charge in [-0.1, -0.05) is 0 Å². The molecule has 0 aliphatic carbocycles. The minimum Gasteiger partial charge on any atom is -0.496 e. The number of ether oxygens (including phenoxy) is 2. The Morgan fingerprint density at radius 3 is 2.39 bits per heavy atom. The number of halogens is 5. The number of rotatable bonds is 4. The molecule has 0 unspecified atom stereocenters. The minimum absolute atomic E-state index is 0.359. The Bertz CT molecular complexity index is 421. The third kappa shape index (κ3) is 3.42. The summed E-state index contributed by atoms with van der Waals surface area (Å²) in [7, 11) is 1.06. The van der Waals surface area contributed by atoms with Crippen molar-refractivity contribution < 1.29 is 36.5 Å². The first-order valence-corrected chi connectivity index (χ1v) is 4.51. The fourth-order valence-corrected chi connectivity index (χ4v) is 1.24. The highest BCUT2D eigenvalue weighted by molar-refractivity contribution is 5.40. The molecule has 0 atom stereocenters. The van der Waals surface area contributed by atoms with Crippen molar-refractivity contribution >= 4 is 0 Å². The zero-order valence-electron chi connectivity index (χ0n) is 8.96. The number of nitrogens with zero attached hydrogens (tertiary/aromatic N) is 1. The molecule has 1 heterocycles. The Morgan fingerprint density at radius 1 is 1.39 bits per heavy atom. The quantitative estimate of drug-likeness (QED) is 0.856. The van der Waals surface area contributed by atoms with Crippen molar-refractivity contribution in [1.29, 1.82) is 0 Å². The van der Waals surface area contributed by atoms with E-state index in [1.54, 1.807) is 0 Å². The molecule has 0 radical (unpaired) electrons. The number of hydrogen-bond acceptors (Lipinski definition) is 4. The molecule has 0 saturated carbocycles. The van der Waals surface area contributed by atoms with Crippen LogP contribution >= 0.6 is 0 Å². The standard InChI is InChI=1S/C9H8F5NO3/c1-17-5-2-6(18-9(12,13)14)15-7(8(10)11)4(5)3-16/h2,8,16H,3H2,1H3. The second kappa shape index (κ2) is 5.34. The summed E-state index contributed by atoms with van der Waals surface area (Å²) in [4.78, 5) is 3.00. The molecule has 9 heteroatoms. The molecule has 1 aromatic rings. The molecule has 0 aliphatic heterocycles. The highest BCUT2D eigenvalue weighted by Crippen LogP contribution is 2.33. The van der Waals surface area contributed by atoms with Crippen molar-refractivity contribution in [3.63, 3.8) is 0 Å². The SMILES string of the molecule is COc1cc(OC(F)(F)F)nc(C(F)F)c1CO. The molecule has 18 heavy (non-hydrogen) atoms. The van der Waals surface area contributed by atoms with Crippen LogP contribution in [0.25, 0.3) is 0 Å². The van der Waals surface area contributed by atoms with E-state index in [-0.39, 0.29) is 11.3 Å². The summed E-state index contributed by atoms with van der Waals surface area (Å²) in [5.41, 5.74) is -1.40. The van der Waals surface area contributed by atoms with Crippen LogP contribution in [-0.4, -0.2) is 23.6 Å². The second-order valence-corrected chi connectivity index (χ2v) is 3.03. The van der Waals surface area contributed by atoms with Crippen LogP contribution in [-0.2, 0) is 6.61 Å². The molecule has 1 rings (SSSR count). The number of aliphatic hydroxyl groups excluding tert-OH is 1. The van der Waals surface area contributed by atoms with E-state index in [1.807, 2.05) is 0 Å². The normalized spacial score (nSPS) is 11.8. The van der Waals surface area contributed by atoms with Crippen LogP contribution < -0.4 is 9.47 Å². The van der Waals surface area contributed by atoms with Gasteiger partial charge in [0.2, 0.25) is 5.88 Å². The molecule has 4 nitrogen and oxygen atoms in total. The van der Waals surface area contributed by atoms with E-state index in [4.69, 9.17) is 5.11 Å². The summed E-state index contributed by atoms with van der Waals surface area (Å²) in [6.45, 7) is -0.845. The van der Waals surface area contributed by atoms with Crippen molar-refractivity contribution in [3.05, 3.63) is 17.3 Å². The number of methoxy groups -OCH3 is 1. The summed E-state index contributed by atoms with van der Waals surface area (Å²) < 4.78 is 69.0. The Labute approximate surface area is 98.0 Å². The van der Waals surface area contributed by atoms with Crippen LogP contribution in [0.1, 0.15) is 17.7 Å². The molecule has 1 aromatic heterocycles. The summed E-state index contributed by atoms with van der Waals surface area (Å²) in [5.74, 6) is -1.44. The third-order valence-electron chi connectivity index (χ3n) is 1.90. The Morgan fingerprint density at radius 2 is 2.00 bits per heavy atom. The average molecular weight is 273 g/mol. The zero-order chi connectivity index (χ0) is 13.9. The highest BCUT2D eigenvalue weighted by atomic mass is 19.4. The lowest BCUT2D eigenvalue weighted by atomic mass is 10.2. The first-order chi connectivity index (χ1) is 8.28. The summed E-state index contributed by atoms with van der Waals surface area (Å²) in [6, 6.07) is 0.672. The Hall–Kier alpha value is -1.64. The maximum Gasteiger partial charge on any atom is 0.574 e. The Kier molecular flexibility index (Phi) is 4.28. The molecule has 0 saturated heterocycles. The van der Waals surface area contributed by atoms with Gasteiger partial charge in [0.1, 0.15) is 11.4 Å². The fourth-order valence-electron chi connectivity index (χ4n) is 1.24. The number of aromatic nitrogens is 1. The van der Waals surface area contributed by atoms with E-state index in [0.717, 1.165) is 7.11 Å². The molecule has 0 fully saturated rings. The molecule has 1 N–H and O–H groups in total. The van der Waals surface area contributed by atoms with E-state index in [1.165, 1.54) is 0 Å². The molecule has 0 aromatic carbocycles. The van der Waals surface area contributed by atoms with E-state index in [0.29, 0.717) is 6.07 Å². The van der Waals surface area contributed by atoms with Crippen LogP contribution in [0.4, 0.5) is 22.0 Å². The number of hydrogen-bond donors (Lipinski definition) is 1. The highest BCUT2D eigenvalue weighted by Gasteiger charge is 2.33. The predicted molar refractivity (Wildman–Crippen MR) is 48.4 cm³/mol. The van der Waals surface area contributed by atoms with Crippen molar-refractivity contribution in [3.8, 4) is 11.6 Å². The second-order valence-electron chi connectivity index (χ2n) is 3.03. The summed E-state index contributed by atoms with van der Waals surface area (Å²) in [5, 5.41) is 8.89. The molecule has 0 aliphatic rings. The fraction of sp³-hybridized carbons (Fsp3) is 0.444. The van der Waals surface area contributed by atoms with E-state index < -0.39 is 31.0 Å². The molecule has 0 amide bonds. The Balaban J connectivity index is 3.27. The van der Waals surface area contributed by atoms with Crippen LogP contribution in [0, 0.1) is 0 Å². The average Bonchev–Trinajstić information content (AvgIpc) is 2.25. The maximum atomic E-state index is 12.6. The lowest BCUT2D eigenvalue weighted by Gasteiger charge is -2.14. The van der Waals surface area contributed by atoms with Crippen molar-refractivity contribution in [2.24, 2.45) is 0 Å². The van der Waals surface area contributed by atoms with Gasteiger partial charge in [-0.25, -0.2) is 13.8 Å². The maximum absolute atomic E-state index is 12.6. The van der Waals surface area contributed by atoms with Crippen molar-refractivity contribution in [2.75, 3.05) is 7.11 Å². The van der Waals surface area contributed by atoms with Gasteiger partial charge in [0.25, 0.3) is 6.43 Å². The number of alkyl halides is 5. The largest absolute Gasteiger partial charge is 0.574 e. The lowest BCUT2D eigenvalue weighted by Crippen LogP contribution is -2.19. The van der Waals surface area contributed by atoms with Gasteiger partial charge < -0.3 is 14.6 Å². The van der Waals surface area contributed by atoms with E-state index >= 15 is 0 Å². The lowest BCUT2D eigenvalue weighted by molar-refractivity contribution is -0.276. The van der Waals surface area contributed by atoms with Gasteiger partial charge >= 0.3 is 6.36 Å². The molecule has 0 spiro atoms. The third-order valence-corrected chi connectivity index (χ3v) is 1.90. The first kappa shape index (κ1) is 14.4. The summed E-state index contributed by atoms with van der Waals surface area (Å²) >= 11 is 0. The number of pyridine rings is 1. The summed E-state index contributed by atoms with van der Waals surface area (Å²) in [6.07, 6.45) is -8.23. The monoisotopic (exact) mass is 273 g/mol. The van der Waals surface area contributed by atoms with Gasteiger partial charge in [-0.3, -0.25) is 0 Å².